The zero-order valence-electron chi connectivity index (χ0n) is 9.84. The number of thiophene rings is 1. The van der Waals surface area contributed by atoms with Gasteiger partial charge in [0.1, 0.15) is 11.3 Å². The molecule has 0 aliphatic carbocycles. The molecule has 3 aromatic rings. The van der Waals surface area contributed by atoms with E-state index in [2.05, 4.69) is 25.9 Å². The molecule has 1 aromatic carbocycles. The van der Waals surface area contributed by atoms with E-state index in [0.717, 1.165) is 14.9 Å². The number of aromatic amines is 1. The Morgan fingerprint density at radius 3 is 2.74 bits per heavy atom. The molecular weight excluding hydrogens is 348 g/mol. The van der Waals surface area contributed by atoms with Crippen molar-refractivity contribution in [2.45, 2.75) is 4.90 Å². The van der Waals surface area contributed by atoms with Gasteiger partial charge in [-0.1, -0.05) is 6.07 Å². The van der Waals surface area contributed by atoms with Crippen LogP contribution in [0.15, 0.2) is 39.0 Å². The first-order valence-electron chi connectivity index (χ1n) is 5.39. The lowest BCUT2D eigenvalue weighted by atomic mass is 10.3. The molecule has 0 aliphatic rings. The van der Waals surface area contributed by atoms with Gasteiger partial charge in [-0.25, -0.2) is 13.4 Å². The minimum Gasteiger partial charge on any atom is -0.337 e. The zero-order valence-corrected chi connectivity index (χ0v) is 13.1. The van der Waals surface area contributed by atoms with Gasteiger partial charge in [0.15, 0.2) is 9.84 Å². The SMILES string of the molecule is CS(=O)(=O)c1cccc2[nH]c(-c3sccc3Br)nc12. The van der Waals surface area contributed by atoms with Gasteiger partial charge in [-0.3, -0.25) is 0 Å². The van der Waals surface area contributed by atoms with Crippen molar-refractivity contribution in [1.29, 1.82) is 0 Å². The van der Waals surface area contributed by atoms with E-state index in [1.54, 1.807) is 23.5 Å². The van der Waals surface area contributed by atoms with Gasteiger partial charge < -0.3 is 4.98 Å². The molecule has 0 atom stereocenters. The fourth-order valence-corrected chi connectivity index (χ4v) is 4.21. The Morgan fingerprint density at radius 1 is 1.32 bits per heavy atom. The van der Waals surface area contributed by atoms with Crippen LogP contribution < -0.4 is 0 Å². The van der Waals surface area contributed by atoms with Crippen molar-refractivity contribution in [3.05, 3.63) is 34.1 Å². The molecule has 0 fully saturated rings. The number of benzene rings is 1. The fraction of sp³-hybridized carbons (Fsp3) is 0.0833. The van der Waals surface area contributed by atoms with Crippen LogP contribution in [0.2, 0.25) is 0 Å². The third-order valence-corrected chi connectivity index (χ3v) is 5.68. The molecule has 0 radical (unpaired) electrons. The number of nitrogens with zero attached hydrogens (tertiary/aromatic N) is 1. The van der Waals surface area contributed by atoms with Crippen molar-refractivity contribution >= 4 is 48.1 Å². The molecule has 2 aromatic heterocycles. The molecule has 1 N–H and O–H groups in total. The van der Waals surface area contributed by atoms with Gasteiger partial charge >= 0.3 is 0 Å². The van der Waals surface area contributed by atoms with Gasteiger partial charge in [-0.2, -0.15) is 0 Å². The van der Waals surface area contributed by atoms with E-state index in [1.807, 2.05) is 17.5 Å². The van der Waals surface area contributed by atoms with Gasteiger partial charge in [0.05, 0.1) is 15.3 Å². The predicted octanol–water partition coefficient (Wildman–Crippen LogP) is 3.46. The highest BCUT2D eigenvalue weighted by molar-refractivity contribution is 9.10. The number of hydrogen-bond acceptors (Lipinski definition) is 4. The lowest BCUT2D eigenvalue weighted by Crippen LogP contribution is -1.97. The summed E-state index contributed by atoms with van der Waals surface area (Å²) in [6, 6.07) is 7.04. The van der Waals surface area contributed by atoms with E-state index in [4.69, 9.17) is 0 Å². The summed E-state index contributed by atoms with van der Waals surface area (Å²) in [5.41, 5.74) is 1.21. The number of imidazole rings is 1. The summed E-state index contributed by atoms with van der Waals surface area (Å²) in [5, 5.41) is 1.95. The third-order valence-electron chi connectivity index (χ3n) is 2.71. The second-order valence-corrected chi connectivity index (χ2v) is 7.86. The number of fused-ring (bicyclic) bond motifs is 1. The topological polar surface area (TPSA) is 62.8 Å². The molecule has 4 nitrogen and oxygen atoms in total. The number of hydrogen-bond donors (Lipinski definition) is 1. The third kappa shape index (κ3) is 2.22. The van der Waals surface area contributed by atoms with Crippen LogP contribution in [0.1, 0.15) is 0 Å². The van der Waals surface area contributed by atoms with Crippen LogP contribution in [-0.4, -0.2) is 24.6 Å². The van der Waals surface area contributed by atoms with E-state index >= 15 is 0 Å². The fourth-order valence-electron chi connectivity index (χ4n) is 1.88. The summed E-state index contributed by atoms with van der Waals surface area (Å²) in [7, 11) is -3.29. The molecule has 0 amide bonds. The summed E-state index contributed by atoms with van der Waals surface area (Å²) < 4.78 is 24.4. The summed E-state index contributed by atoms with van der Waals surface area (Å²) in [5.74, 6) is 0.674. The first-order chi connectivity index (χ1) is 8.97. The second-order valence-electron chi connectivity index (χ2n) is 4.11. The Kier molecular flexibility index (Phi) is 2.99. The number of rotatable bonds is 2. The molecule has 0 saturated carbocycles. The van der Waals surface area contributed by atoms with Gasteiger partial charge in [0, 0.05) is 10.7 Å². The van der Waals surface area contributed by atoms with Crippen molar-refractivity contribution in [1.82, 2.24) is 9.97 Å². The van der Waals surface area contributed by atoms with Crippen LogP contribution in [0.3, 0.4) is 0 Å². The maximum Gasteiger partial charge on any atom is 0.177 e. The second kappa shape index (κ2) is 4.43. The largest absolute Gasteiger partial charge is 0.337 e. The van der Waals surface area contributed by atoms with Crippen LogP contribution >= 0.6 is 27.3 Å². The molecule has 98 valence electrons. The molecule has 3 rings (SSSR count). The lowest BCUT2D eigenvalue weighted by Gasteiger charge is -1.97. The number of sulfone groups is 1. The van der Waals surface area contributed by atoms with Gasteiger partial charge in [0.2, 0.25) is 0 Å². The van der Waals surface area contributed by atoms with E-state index in [9.17, 15) is 8.42 Å². The minimum atomic E-state index is -3.29. The molecule has 0 bridgehead atoms. The monoisotopic (exact) mass is 356 g/mol. The Bertz CT molecular complexity index is 865. The maximum absolute atomic E-state index is 11.7. The standard InChI is InChI=1S/C12H9BrN2O2S2/c1-19(16,17)9-4-2-3-8-10(9)15-12(14-8)11-7(13)5-6-18-11/h2-6H,1H3,(H,14,15). The summed E-state index contributed by atoms with van der Waals surface area (Å²) in [4.78, 5) is 8.79. The van der Waals surface area contributed by atoms with Crippen molar-refractivity contribution in [3.8, 4) is 10.7 Å². The number of nitrogens with one attached hydrogen (secondary N) is 1. The van der Waals surface area contributed by atoms with Crippen LogP contribution in [-0.2, 0) is 9.84 Å². The normalized spacial score (nSPS) is 12.1. The lowest BCUT2D eigenvalue weighted by molar-refractivity contribution is 0.602. The van der Waals surface area contributed by atoms with Crippen molar-refractivity contribution in [2.75, 3.05) is 6.26 Å². The van der Waals surface area contributed by atoms with Crippen molar-refractivity contribution in [2.24, 2.45) is 0 Å². The quantitative estimate of drug-likeness (QED) is 0.764. The van der Waals surface area contributed by atoms with Gasteiger partial charge in [-0.05, 0) is 39.5 Å². The van der Waals surface area contributed by atoms with Crippen LogP contribution in [0.25, 0.3) is 21.7 Å². The number of H-pyrrole nitrogens is 1. The Hall–Kier alpha value is -1.18. The van der Waals surface area contributed by atoms with Gasteiger partial charge in [0.25, 0.3) is 0 Å². The highest BCUT2D eigenvalue weighted by atomic mass is 79.9. The van der Waals surface area contributed by atoms with Crippen LogP contribution in [0, 0.1) is 0 Å². The molecule has 2 heterocycles. The van der Waals surface area contributed by atoms with Crippen molar-refractivity contribution in [3.63, 3.8) is 0 Å². The molecular formula is C12H9BrN2O2S2. The smallest absolute Gasteiger partial charge is 0.177 e. The molecule has 7 heteroatoms. The van der Waals surface area contributed by atoms with Crippen LogP contribution in [0.5, 0.6) is 0 Å². The van der Waals surface area contributed by atoms with Crippen LogP contribution in [0.4, 0.5) is 0 Å². The average molecular weight is 357 g/mol. The van der Waals surface area contributed by atoms with E-state index < -0.39 is 9.84 Å². The van der Waals surface area contributed by atoms with E-state index in [-0.39, 0.29) is 4.90 Å². The first-order valence-corrected chi connectivity index (χ1v) is 8.95. The number of aromatic nitrogens is 2. The maximum atomic E-state index is 11.7. The Labute approximate surface area is 122 Å². The Balaban J connectivity index is 2.31. The van der Waals surface area contributed by atoms with E-state index in [0.29, 0.717) is 11.3 Å². The first kappa shape index (κ1) is 12.8. The highest BCUT2D eigenvalue weighted by Crippen LogP contribution is 2.33. The molecule has 19 heavy (non-hydrogen) atoms. The summed E-state index contributed by atoms with van der Waals surface area (Å²) in [6.07, 6.45) is 1.19. The molecule has 0 aliphatic heterocycles. The average Bonchev–Trinajstić information content (AvgIpc) is 2.91. The summed E-state index contributed by atoms with van der Waals surface area (Å²) in [6.45, 7) is 0. The molecule has 0 unspecified atom stereocenters. The Morgan fingerprint density at radius 2 is 2.11 bits per heavy atom. The van der Waals surface area contributed by atoms with E-state index in [1.165, 1.54) is 6.26 Å². The summed E-state index contributed by atoms with van der Waals surface area (Å²) >= 11 is 4.99. The number of para-hydroxylation sites is 1. The number of halogens is 1. The highest BCUT2D eigenvalue weighted by Gasteiger charge is 2.16. The van der Waals surface area contributed by atoms with Gasteiger partial charge in [-0.15, -0.1) is 11.3 Å². The molecule has 0 saturated heterocycles. The predicted molar refractivity (Wildman–Crippen MR) is 80.2 cm³/mol. The minimum absolute atomic E-state index is 0.250. The molecule has 0 spiro atoms. The van der Waals surface area contributed by atoms with Crippen molar-refractivity contribution < 1.29 is 8.42 Å². The zero-order chi connectivity index (χ0) is 13.6.